The minimum atomic E-state index is -0.563. The van der Waals surface area contributed by atoms with Gasteiger partial charge in [-0.1, -0.05) is 36.4 Å². The molecule has 0 aliphatic carbocycles. The van der Waals surface area contributed by atoms with Gasteiger partial charge in [-0.2, -0.15) is 0 Å². The Kier molecular flexibility index (Phi) is 5.89. The van der Waals surface area contributed by atoms with E-state index in [1.54, 1.807) is 25.1 Å². The first-order chi connectivity index (χ1) is 13.5. The van der Waals surface area contributed by atoms with Crippen LogP contribution in [0.25, 0.3) is 11.0 Å². The Morgan fingerprint density at radius 2 is 1.71 bits per heavy atom. The number of benzene rings is 2. The van der Waals surface area contributed by atoms with Crippen molar-refractivity contribution in [2.45, 2.75) is 20.3 Å². The number of ketones is 1. The van der Waals surface area contributed by atoms with Gasteiger partial charge in [0.15, 0.2) is 12.4 Å². The number of carbonyl (C=O) groups is 3. The van der Waals surface area contributed by atoms with Crippen LogP contribution in [0.4, 0.5) is 0 Å². The summed E-state index contributed by atoms with van der Waals surface area (Å²) in [5, 5.41) is 3.53. The summed E-state index contributed by atoms with van der Waals surface area (Å²) in [6.45, 7) is 3.37. The van der Waals surface area contributed by atoms with Crippen LogP contribution in [-0.2, 0) is 9.53 Å². The monoisotopic (exact) mass is 379 g/mol. The zero-order valence-electron chi connectivity index (χ0n) is 15.8. The maximum atomic E-state index is 12.3. The van der Waals surface area contributed by atoms with Crippen molar-refractivity contribution in [2.75, 3.05) is 13.2 Å². The van der Waals surface area contributed by atoms with Crippen LogP contribution in [0, 0.1) is 13.8 Å². The van der Waals surface area contributed by atoms with Crippen LogP contribution < -0.4 is 5.32 Å². The van der Waals surface area contributed by atoms with Crippen LogP contribution in [0.2, 0.25) is 0 Å². The molecule has 0 fully saturated rings. The fourth-order valence-electron chi connectivity index (χ4n) is 2.93. The number of rotatable bonds is 7. The summed E-state index contributed by atoms with van der Waals surface area (Å²) in [5.74, 6) is -1.01. The highest BCUT2D eigenvalue weighted by molar-refractivity contribution is 6.01. The largest absolute Gasteiger partial charge is 0.457 e. The van der Waals surface area contributed by atoms with E-state index in [2.05, 4.69) is 5.32 Å². The maximum absolute atomic E-state index is 12.3. The molecule has 144 valence electrons. The quantitative estimate of drug-likeness (QED) is 0.501. The van der Waals surface area contributed by atoms with E-state index in [4.69, 9.17) is 9.15 Å². The molecule has 3 aromatic rings. The zero-order valence-corrected chi connectivity index (χ0v) is 15.8. The van der Waals surface area contributed by atoms with E-state index in [-0.39, 0.29) is 24.6 Å². The van der Waals surface area contributed by atoms with E-state index in [9.17, 15) is 14.4 Å². The lowest BCUT2D eigenvalue weighted by Gasteiger charge is -2.07. The lowest BCUT2D eigenvalue weighted by Crippen LogP contribution is -2.27. The number of nitrogens with one attached hydrogen (secondary N) is 1. The molecule has 0 atom stereocenters. The molecule has 1 amide bonds. The van der Waals surface area contributed by atoms with Gasteiger partial charge in [0.2, 0.25) is 5.78 Å². The number of amides is 1. The molecule has 1 N–H and O–H groups in total. The standard InChI is InChI=1S/C22H21NO5/c1-14-7-3-4-8-16(14)22(26)23-12-11-20(25)27-13-18(24)21-15(2)17-9-5-6-10-19(17)28-21/h3-10H,11-13H2,1-2H3,(H,23,26). The fraction of sp³-hybridized carbons (Fsp3) is 0.227. The van der Waals surface area contributed by atoms with Crippen molar-refractivity contribution in [3.63, 3.8) is 0 Å². The minimum absolute atomic E-state index is 0.0238. The second kappa shape index (κ2) is 8.52. The Morgan fingerprint density at radius 3 is 2.46 bits per heavy atom. The van der Waals surface area contributed by atoms with E-state index >= 15 is 0 Å². The van der Waals surface area contributed by atoms with Crippen LogP contribution in [0.3, 0.4) is 0 Å². The van der Waals surface area contributed by atoms with Crippen LogP contribution >= 0.6 is 0 Å². The highest BCUT2D eigenvalue weighted by Gasteiger charge is 2.19. The van der Waals surface area contributed by atoms with Gasteiger partial charge in [-0.05, 0) is 31.5 Å². The first-order valence-corrected chi connectivity index (χ1v) is 8.98. The van der Waals surface area contributed by atoms with Gasteiger partial charge < -0.3 is 14.5 Å². The zero-order chi connectivity index (χ0) is 20.1. The van der Waals surface area contributed by atoms with Gasteiger partial charge in [0.25, 0.3) is 5.91 Å². The van der Waals surface area contributed by atoms with E-state index in [1.807, 2.05) is 37.3 Å². The first kappa shape index (κ1) is 19.4. The van der Waals surface area contributed by atoms with Crippen molar-refractivity contribution >= 4 is 28.6 Å². The molecule has 6 nitrogen and oxygen atoms in total. The highest BCUT2D eigenvalue weighted by atomic mass is 16.5. The third kappa shape index (κ3) is 4.28. The summed E-state index contributed by atoms with van der Waals surface area (Å²) < 4.78 is 10.6. The molecule has 0 bridgehead atoms. The number of para-hydroxylation sites is 1. The van der Waals surface area contributed by atoms with E-state index in [1.165, 1.54) is 0 Å². The van der Waals surface area contributed by atoms with E-state index in [0.717, 1.165) is 16.5 Å². The van der Waals surface area contributed by atoms with Gasteiger partial charge in [0.05, 0.1) is 6.42 Å². The average Bonchev–Trinajstić information content (AvgIpc) is 3.03. The molecule has 0 spiro atoms. The first-order valence-electron chi connectivity index (χ1n) is 8.98. The van der Waals surface area contributed by atoms with Crippen molar-refractivity contribution in [2.24, 2.45) is 0 Å². The third-order valence-electron chi connectivity index (χ3n) is 4.47. The molecule has 6 heteroatoms. The van der Waals surface area contributed by atoms with Crippen LogP contribution in [0.15, 0.2) is 52.9 Å². The Hall–Kier alpha value is -3.41. The Morgan fingerprint density at radius 1 is 1.00 bits per heavy atom. The molecule has 0 aliphatic heterocycles. The Bertz CT molecular complexity index is 1030. The molecule has 0 aliphatic rings. The Balaban J connectivity index is 1.47. The molecule has 3 rings (SSSR count). The van der Waals surface area contributed by atoms with Crippen molar-refractivity contribution in [1.29, 1.82) is 0 Å². The number of aryl methyl sites for hydroxylation is 2. The predicted octanol–water partition coefficient (Wildman–Crippen LogP) is 3.60. The highest BCUT2D eigenvalue weighted by Crippen LogP contribution is 2.25. The molecule has 28 heavy (non-hydrogen) atoms. The average molecular weight is 379 g/mol. The summed E-state index contributed by atoms with van der Waals surface area (Å²) >= 11 is 0. The number of esters is 1. The summed E-state index contributed by atoms with van der Waals surface area (Å²) in [5.41, 5.74) is 2.76. The van der Waals surface area contributed by atoms with Gasteiger partial charge in [0, 0.05) is 23.1 Å². The van der Waals surface area contributed by atoms with E-state index in [0.29, 0.717) is 11.1 Å². The molecule has 1 aromatic heterocycles. The van der Waals surface area contributed by atoms with Crippen LogP contribution in [0.1, 0.15) is 38.5 Å². The minimum Gasteiger partial charge on any atom is -0.457 e. The summed E-state index contributed by atoms with van der Waals surface area (Å²) in [4.78, 5) is 36.3. The molecule has 0 saturated heterocycles. The number of hydrogen-bond acceptors (Lipinski definition) is 5. The molecule has 1 heterocycles. The number of Topliss-reactive ketones (excluding diaryl/α,β-unsaturated/α-hetero) is 1. The topological polar surface area (TPSA) is 85.6 Å². The van der Waals surface area contributed by atoms with Gasteiger partial charge in [0.1, 0.15) is 5.58 Å². The SMILES string of the molecule is Cc1ccccc1C(=O)NCCC(=O)OCC(=O)c1oc2ccccc2c1C. The molecular formula is C22H21NO5. The number of ether oxygens (including phenoxy) is 1. The van der Waals surface area contributed by atoms with Gasteiger partial charge in [-0.3, -0.25) is 14.4 Å². The summed E-state index contributed by atoms with van der Waals surface area (Å²) in [6, 6.07) is 14.5. The predicted molar refractivity (Wildman–Crippen MR) is 104 cm³/mol. The smallest absolute Gasteiger partial charge is 0.308 e. The molecule has 0 saturated carbocycles. The lowest BCUT2D eigenvalue weighted by atomic mass is 10.1. The molecule has 2 aromatic carbocycles. The van der Waals surface area contributed by atoms with Crippen molar-refractivity contribution in [3.05, 3.63) is 71.0 Å². The second-order valence-electron chi connectivity index (χ2n) is 6.46. The number of furan rings is 1. The normalized spacial score (nSPS) is 10.6. The van der Waals surface area contributed by atoms with Gasteiger partial charge >= 0.3 is 5.97 Å². The van der Waals surface area contributed by atoms with Crippen LogP contribution in [0.5, 0.6) is 0 Å². The van der Waals surface area contributed by atoms with Crippen molar-refractivity contribution in [3.8, 4) is 0 Å². The number of fused-ring (bicyclic) bond motifs is 1. The Labute approximate surface area is 162 Å². The molecule has 0 radical (unpaired) electrons. The van der Waals surface area contributed by atoms with Crippen molar-refractivity contribution < 1.29 is 23.5 Å². The number of carbonyl (C=O) groups excluding carboxylic acids is 3. The van der Waals surface area contributed by atoms with Gasteiger partial charge in [-0.15, -0.1) is 0 Å². The van der Waals surface area contributed by atoms with Crippen LogP contribution in [-0.4, -0.2) is 30.8 Å². The van der Waals surface area contributed by atoms with E-state index < -0.39 is 18.4 Å². The van der Waals surface area contributed by atoms with Crippen molar-refractivity contribution in [1.82, 2.24) is 5.32 Å². The molecule has 0 unspecified atom stereocenters. The molecular weight excluding hydrogens is 358 g/mol. The van der Waals surface area contributed by atoms with Gasteiger partial charge in [-0.25, -0.2) is 0 Å². The third-order valence-corrected chi connectivity index (χ3v) is 4.47. The maximum Gasteiger partial charge on any atom is 0.308 e. The lowest BCUT2D eigenvalue weighted by molar-refractivity contribution is -0.142. The second-order valence-corrected chi connectivity index (χ2v) is 6.46. The summed E-state index contributed by atoms with van der Waals surface area (Å²) in [6.07, 6.45) is -0.0238. The fourth-order valence-corrected chi connectivity index (χ4v) is 2.93. The number of hydrogen-bond donors (Lipinski definition) is 1. The summed E-state index contributed by atoms with van der Waals surface area (Å²) in [7, 11) is 0.